The van der Waals surface area contributed by atoms with E-state index in [0.29, 0.717) is 23.5 Å². The molecule has 3 aromatic carbocycles. The Morgan fingerprint density at radius 3 is 2.45 bits per heavy atom. The van der Waals surface area contributed by atoms with Gasteiger partial charge in [0.05, 0.1) is 23.2 Å². The van der Waals surface area contributed by atoms with Gasteiger partial charge >= 0.3 is 0 Å². The number of hydrogen-bond acceptors (Lipinski definition) is 5. The normalized spacial score (nSPS) is 11.3. The number of nitrogens with zero attached hydrogens (tertiary/aromatic N) is 4. The number of rotatable bonds is 7. The van der Waals surface area contributed by atoms with Gasteiger partial charge in [-0.2, -0.15) is 0 Å². The summed E-state index contributed by atoms with van der Waals surface area (Å²) in [5.74, 6) is 2.06. The van der Waals surface area contributed by atoms with Gasteiger partial charge in [0.1, 0.15) is 5.75 Å². The molecule has 0 radical (unpaired) electrons. The number of benzene rings is 3. The fourth-order valence-corrected chi connectivity index (χ4v) is 4.57. The molecule has 0 bridgehead atoms. The van der Waals surface area contributed by atoms with Crippen molar-refractivity contribution in [2.24, 2.45) is 0 Å². The standard InChI is InChI=1S/C26H24N4O2S/c1-3-19-10-12-20(13-11-19)29-24(31)22-6-4-5-7-23(22)30-25(29)27-28-26(30)33-17-16-32-21-14-8-18(2)9-15-21/h4-15H,3,16-17H2,1-2H3. The molecule has 5 rings (SSSR count). The Labute approximate surface area is 195 Å². The van der Waals surface area contributed by atoms with E-state index in [1.807, 2.05) is 77.2 Å². The van der Waals surface area contributed by atoms with Crippen molar-refractivity contribution in [2.75, 3.05) is 12.4 Å². The lowest BCUT2D eigenvalue weighted by molar-refractivity contribution is 0.344. The van der Waals surface area contributed by atoms with Crippen LogP contribution >= 0.6 is 11.8 Å². The van der Waals surface area contributed by atoms with Gasteiger partial charge in [-0.05, 0) is 55.3 Å². The molecule has 2 heterocycles. The van der Waals surface area contributed by atoms with Crippen LogP contribution in [-0.2, 0) is 6.42 Å². The number of para-hydroxylation sites is 1. The predicted octanol–water partition coefficient (Wildman–Crippen LogP) is 5.08. The molecule has 0 spiro atoms. The average molecular weight is 457 g/mol. The molecule has 2 aromatic heterocycles. The highest BCUT2D eigenvalue weighted by atomic mass is 32.2. The third kappa shape index (κ3) is 4.12. The molecule has 0 atom stereocenters. The van der Waals surface area contributed by atoms with E-state index in [2.05, 4.69) is 24.0 Å². The van der Waals surface area contributed by atoms with E-state index < -0.39 is 0 Å². The summed E-state index contributed by atoms with van der Waals surface area (Å²) in [5.41, 5.74) is 3.89. The van der Waals surface area contributed by atoms with Gasteiger partial charge < -0.3 is 4.74 Å². The van der Waals surface area contributed by atoms with Gasteiger partial charge in [-0.1, -0.05) is 60.6 Å². The van der Waals surface area contributed by atoms with Crippen molar-refractivity contribution in [3.63, 3.8) is 0 Å². The molecule has 0 aliphatic rings. The quantitative estimate of drug-likeness (QED) is 0.253. The molecule has 0 aliphatic heterocycles. The Morgan fingerprint density at radius 1 is 0.939 bits per heavy atom. The Morgan fingerprint density at radius 2 is 1.70 bits per heavy atom. The van der Waals surface area contributed by atoms with E-state index >= 15 is 0 Å². The number of fused-ring (bicyclic) bond motifs is 3. The van der Waals surface area contributed by atoms with Crippen molar-refractivity contribution in [1.29, 1.82) is 0 Å². The Kier molecular flexibility index (Phi) is 5.88. The molecule has 33 heavy (non-hydrogen) atoms. The maximum absolute atomic E-state index is 13.4. The first-order chi connectivity index (χ1) is 16.2. The molecule has 0 saturated heterocycles. The first kappa shape index (κ1) is 21.3. The lowest BCUT2D eigenvalue weighted by Crippen LogP contribution is -2.21. The van der Waals surface area contributed by atoms with Crippen molar-refractivity contribution in [1.82, 2.24) is 19.2 Å². The van der Waals surface area contributed by atoms with Crippen LogP contribution in [0.1, 0.15) is 18.1 Å². The molecule has 0 unspecified atom stereocenters. The third-order valence-corrected chi connectivity index (χ3v) is 6.49. The van der Waals surface area contributed by atoms with E-state index in [0.717, 1.165) is 28.5 Å². The van der Waals surface area contributed by atoms with Crippen LogP contribution in [0.2, 0.25) is 0 Å². The summed E-state index contributed by atoms with van der Waals surface area (Å²) in [6.07, 6.45) is 0.943. The SMILES string of the molecule is CCc1ccc(-n2c(=O)c3ccccc3n3c(SCCOc4ccc(C)cc4)nnc23)cc1. The summed E-state index contributed by atoms with van der Waals surface area (Å²) in [5, 5.41) is 10.2. The fourth-order valence-electron chi connectivity index (χ4n) is 3.81. The van der Waals surface area contributed by atoms with Crippen LogP contribution in [0.5, 0.6) is 5.75 Å². The van der Waals surface area contributed by atoms with E-state index in [4.69, 9.17) is 4.74 Å². The van der Waals surface area contributed by atoms with Crippen LogP contribution in [0.25, 0.3) is 22.4 Å². The molecule has 5 aromatic rings. The maximum Gasteiger partial charge on any atom is 0.267 e. The zero-order valence-electron chi connectivity index (χ0n) is 18.6. The molecule has 0 fully saturated rings. The monoisotopic (exact) mass is 456 g/mol. The minimum Gasteiger partial charge on any atom is -0.493 e. The van der Waals surface area contributed by atoms with Gasteiger partial charge in [0.15, 0.2) is 5.16 Å². The summed E-state index contributed by atoms with van der Waals surface area (Å²) < 4.78 is 9.46. The number of ether oxygens (including phenoxy) is 1. The van der Waals surface area contributed by atoms with Gasteiger partial charge in [0.2, 0.25) is 5.78 Å². The van der Waals surface area contributed by atoms with Gasteiger partial charge in [0.25, 0.3) is 5.56 Å². The van der Waals surface area contributed by atoms with Crippen LogP contribution in [0.15, 0.2) is 82.7 Å². The van der Waals surface area contributed by atoms with Crippen molar-refractivity contribution in [3.05, 3.63) is 94.3 Å². The third-order valence-electron chi connectivity index (χ3n) is 5.60. The number of hydrogen-bond donors (Lipinski definition) is 0. The molecule has 166 valence electrons. The minimum atomic E-state index is -0.103. The molecule has 0 amide bonds. The van der Waals surface area contributed by atoms with Crippen molar-refractivity contribution in [3.8, 4) is 11.4 Å². The summed E-state index contributed by atoms with van der Waals surface area (Å²) in [7, 11) is 0. The van der Waals surface area contributed by atoms with Crippen molar-refractivity contribution >= 4 is 28.4 Å². The van der Waals surface area contributed by atoms with Crippen molar-refractivity contribution in [2.45, 2.75) is 25.4 Å². The summed E-state index contributed by atoms with van der Waals surface area (Å²) in [4.78, 5) is 13.4. The molecule has 0 saturated carbocycles. The highest BCUT2D eigenvalue weighted by Gasteiger charge is 2.17. The molecular weight excluding hydrogens is 432 g/mol. The molecule has 0 aliphatic carbocycles. The first-order valence-corrected chi connectivity index (χ1v) is 11.9. The molecule has 0 N–H and O–H groups in total. The summed E-state index contributed by atoms with van der Waals surface area (Å²) in [6, 6.07) is 23.6. The van der Waals surface area contributed by atoms with Gasteiger partial charge in [-0.15, -0.1) is 10.2 Å². The maximum atomic E-state index is 13.4. The topological polar surface area (TPSA) is 61.4 Å². The van der Waals surface area contributed by atoms with Gasteiger partial charge in [-0.25, -0.2) is 4.57 Å². The fraction of sp³-hybridized carbons (Fsp3) is 0.192. The summed E-state index contributed by atoms with van der Waals surface area (Å²) in [6.45, 7) is 4.71. The summed E-state index contributed by atoms with van der Waals surface area (Å²) >= 11 is 1.56. The second-order valence-corrected chi connectivity index (χ2v) is 8.87. The Bertz CT molecular complexity index is 1470. The number of thioether (sulfide) groups is 1. The van der Waals surface area contributed by atoms with Crippen LogP contribution in [0.3, 0.4) is 0 Å². The highest BCUT2D eigenvalue weighted by Crippen LogP contribution is 2.23. The number of aryl methyl sites for hydroxylation is 2. The minimum absolute atomic E-state index is 0.103. The largest absolute Gasteiger partial charge is 0.493 e. The van der Waals surface area contributed by atoms with Crippen LogP contribution < -0.4 is 10.3 Å². The highest BCUT2D eigenvalue weighted by molar-refractivity contribution is 7.99. The lowest BCUT2D eigenvalue weighted by Gasteiger charge is -2.12. The Balaban J connectivity index is 1.51. The molecular formula is C26H24N4O2S. The Hall–Kier alpha value is -3.58. The van der Waals surface area contributed by atoms with Gasteiger partial charge in [0, 0.05) is 5.75 Å². The van der Waals surface area contributed by atoms with Crippen LogP contribution in [-0.4, -0.2) is 31.5 Å². The molecule has 7 heteroatoms. The van der Waals surface area contributed by atoms with E-state index in [1.54, 1.807) is 16.3 Å². The smallest absolute Gasteiger partial charge is 0.267 e. The zero-order chi connectivity index (χ0) is 22.8. The number of aromatic nitrogens is 4. The van der Waals surface area contributed by atoms with Gasteiger partial charge in [-0.3, -0.25) is 9.20 Å². The van der Waals surface area contributed by atoms with E-state index in [1.165, 1.54) is 11.1 Å². The second kappa shape index (κ2) is 9.11. The zero-order valence-corrected chi connectivity index (χ0v) is 19.4. The van der Waals surface area contributed by atoms with E-state index in [-0.39, 0.29) is 5.56 Å². The predicted molar refractivity (Wildman–Crippen MR) is 133 cm³/mol. The van der Waals surface area contributed by atoms with Crippen LogP contribution in [0.4, 0.5) is 0 Å². The average Bonchev–Trinajstić information content (AvgIpc) is 3.27. The second-order valence-electron chi connectivity index (χ2n) is 7.81. The molecule has 6 nitrogen and oxygen atoms in total. The van der Waals surface area contributed by atoms with Crippen molar-refractivity contribution < 1.29 is 4.74 Å². The van der Waals surface area contributed by atoms with E-state index in [9.17, 15) is 4.79 Å². The lowest BCUT2D eigenvalue weighted by atomic mass is 10.1. The van der Waals surface area contributed by atoms with Crippen LogP contribution in [0, 0.1) is 6.92 Å². The first-order valence-electron chi connectivity index (χ1n) is 11.0.